The summed E-state index contributed by atoms with van der Waals surface area (Å²) in [5, 5.41) is 20.3. The van der Waals surface area contributed by atoms with Gasteiger partial charge in [-0.25, -0.2) is 13.9 Å². The minimum atomic E-state index is -5.26. The Balaban J connectivity index is 2.09. The van der Waals surface area contributed by atoms with Crippen molar-refractivity contribution in [3.8, 4) is 0 Å². The molecule has 2 rings (SSSR count). The molecule has 172 valence electrons. The number of hydrogen-bond acceptors (Lipinski definition) is 12. The predicted molar refractivity (Wildman–Crippen MR) is 100 cm³/mol. The Bertz CT molecular complexity index is 875. The maximum absolute atomic E-state index is 12.5. The van der Waals surface area contributed by atoms with Gasteiger partial charge in [0.05, 0.1) is 13.2 Å². The van der Waals surface area contributed by atoms with Crippen LogP contribution >= 0.6 is 15.6 Å². The highest BCUT2D eigenvalue weighted by atomic mass is 31.3. The number of aliphatic hydroxyl groups is 2. The lowest BCUT2D eigenvalue weighted by Gasteiger charge is -2.21. The van der Waals surface area contributed by atoms with Crippen LogP contribution in [0.25, 0.3) is 0 Å². The average molecular weight is 474 g/mol. The summed E-state index contributed by atoms with van der Waals surface area (Å²) < 4.78 is 43.9. The molecule has 1 unspecified atom stereocenters. The lowest BCUT2D eigenvalue weighted by Crippen LogP contribution is -2.36. The summed E-state index contributed by atoms with van der Waals surface area (Å²) in [6, 6.07) is 1.27. The van der Waals surface area contributed by atoms with Crippen LogP contribution in [0.1, 0.15) is 6.23 Å². The first-order valence-electron chi connectivity index (χ1n) is 8.48. The van der Waals surface area contributed by atoms with Crippen LogP contribution in [0, 0.1) is 0 Å². The van der Waals surface area contributed by atoms with E-state index >= 15 is 0 Å². The maximum Gasteiger partial charge on any atom is 0.483 e. The van der Waals surface area contributed by atoms with Crippen LogP contribution in [0.3, 0.4) is 0 Å². The molecule has 5 atom stereocenters. The van der Waals surface area contributed by atoms with E-state index < -0.39 is 52.5 Å². The van der Waals surface area contributed by atoms with Gasteiger partial charge in [0.15, 0.2) is 6.23 Å². The molecule has 0 amide bonds. The number of phosphoric ester groups is 1. The largest absolute Gasteiger partial charge is 0.483 e. The number of likely N-dealkylation sites (N-methyl/N-ethyl adjacent to an activating group) is 1. The number of nitrogens with two attached hydrogens (primary N) is 1. The zero-order valence-electron chi connectivity index (χ0n) is 16.0. The number of rotatable bonds is 10. The lowest BCUT2D eigenvalue weighted by molar-refractivity contribution is -0.0551. The van der Waals surface area contributed by atoms with E-state index in [0.717, 1.165) is 4.57 Å². The molecule has 6 N–H and O–H groups in total. The van der Waals surface area contributed by atoms with Gasteiger partial charge in [0.2, 0.25) is 0 Å². The van der Waals surface area contributed by atoms with E-state index in [1.54, 1.807) is 19.0 Å². The topological polar surface area (TPSA) is 216 Å². The molecule has 1 fully saturated rings. The number of aliphatic hydroxyl groups excluding tert-OH is 2. The molecule has 1 aromatic heterocycles. The van der Waals surface area contributed by atoms with E-state index in [4.69, 9.17) is 29.3 Å². The van der Waals surface area contributed by atoms with Crippen molar-refractivity contribution in [2.24, 2.45) is 0 Å². The van der Waals surface area contributed by atoms with E-state index in [-0.39, 0.29) is 19.0 Å². The second-order valence-electron chi connectivity index (χ2n) is 6.54. The second-order valence-corrected chi connectivity index (χ2v) is 9.59. The molecule has 0 bridgehead atoms. The van der Waals surface area contributed by atoms with E-state index in [9.17, 15) is 24.1 Å². The normalized spacial score (nSPS) is 26.8. The predicted octanol–water partition coefficient (Wildman–Crippen LogP) is -1.74. The highest BCUT2D eigenvalue weighted by molar-refractivity contribution is 7.61. The van der Waals surface area contributed by atoms with Crippen LogP contribution in [0.2, 0.25) is 0 Å². The van der Waals surface area contributed by atoms with Crippen LogP contribution in [-0.4, -0.2) is 86.6 Å². The molecule has 0 saturated carbocycles. The minimum Gasteiger partial charge on any atom is -0.387 e. The van der Waals surface area contributed by atoms with Gasteiger partial charge in [0.25, 0.3) is 0 Å². The SMILES string of the molecule is CN(C)CCOP(=O)(OC[C@H]1O[C@@H](n2ccc(N)nc2=O)[C@H](O)[C@@H]1O)OP(=O)(O)O. The van der Waals surface area contributed by atoms with E-state index in [1.165, 1.54) is 12.3 Å². The second kappa shape index (κ2) is 9.94. The molecule has 1 aliphatic heterocycles. The molecule has 17 heteroatoms. The number of anilines is 1. The molecule has 15 nitrogen and oxygen atoms in total. The van der Waals surface area contributed by atoms with Crippen LogP contribution in [-0.2, 0) is 27.2 Å². The molecular formula is C13H24N4O11P2. The zero-order valence-corrected chi connectivity index (χ0v) is 17.8. The van der Waals surface area contributed by atoms with Gasteiger partial charge in [-0.05, 0) is 20.2 Å². The van der Waals surface area contributed by atoms with Crippen LogP contribution in [0.4, 0.5) is 5.82 Å². The highest BCUT2D eigenvalue weighted by Gasteiger charge is 2.46. The van der Waals surface area contributed by atoms with Crippen LogP contribution < -0.4 is 11.4 Å². The fraction of sp³-hybridized carbons (Fsp3) is 0.692. The number of phosphoric acid groups is 2. The number of ether oxygens (including phenoxy) is 1. The van der Waals surface area contributed by atoms with Gasteiger partial charge in [0, 0.05) is 12.7 Å². The molecule has 1 saturated heterocycles. The van der Waals surface area contributed by atoms with Crippen molar-refractivity contribution < 1.29 is 47.2 Å². The third kappa shape index (κ3) is 6.90. The van der Waals surface area contributed by atoms with Gasteiger partial charge in [-0.3, -0.25) is 13.6 Å². The molecule has 1 aromatic rings. The van der Waals surface area contributed by atoms with Crippen LogP contribution in [0.5, 0.6) is 0 Å². The molecule has 1 aliphatic rings. The van der Waals surface area contributed by atoms with Gasteiger partial charge in [-0.2, -0.15) is 9.29 Å². The Morgan fingerprint density at radius 1 is 1.27 bits per heavy atom. The quantitative estimate of drug-likeness (QED) is 0.238. The summed E-state index contributed by atoms with van der Waals surface area (Å²) in [4.78, 5) is 35.0. The van der Waals surface area contributed by atoms with Gasteiger partial charge in [0.1, 0.15) is 24.1 Å². The van der Waals surface area contributed by atoms with E-state index in [2.05, 4.69) is 9.29 Å². The summed E-state index contributed by atoms with van der Waals surface area (Å²) in [7, 11) is -6.66. The maximum atomic E-state index is 12.5. The average Bonchev–Trinajstić information content (AvgIpc) is 2.86. The van der Waals surface area contributed by atoms with Gasteiger partial charge >= 0.3 is 21.3 Å². The Morgan fingerprint density at radius 2 is 1.93 bits per heavy atom. The molecule has 0 spiro atoms. The summed E-state index contributed by atoms with van der Waals surface area (Å²) in [6.45, 7) is -0.768. The molecule has 0 radical (unpaired) electrons. The van der Waals surface area contributed by atoms with Crippen molar-refractivity contribution in [3.63, 3.8) is 0 Å². The molecule has 2 heterocycles. The Labute approximate surface area is 170 Å². The van der Waals surface area contributed by atoms with Gasteiger partial charge < -0.3 is 35.4 Å². The number of hydrogen-bond donors (Lipinski definition) is 5. The first-order chi connectivity index (χ1) is 13.8. The molecule has 0 aromatic carbocycles. The van der Waals surface area contributed by atoms with Gasteiger partial charge in [-0.15, -0.1) is 0 Å². The monoisotopic (exact) mass is 474 g/mol. The first kappa shape index (κ1) is 25.0. The minimum absolute atomic E-state index is 0.0606. The first-order valence-corrected chi connectivity index (χ1v) is 11.5. The van der Waals surface area contributed by atoms with Crippen LogP contribution in [0.15, 0.2) is 17.1 Å². The summed E-state index contributed by atoms with van der Waals surface area (Å²) in [5.74, 6) is -0.0606. The summed E-state index contributed by atoms with van der Waals surface area (Å²) >= 11 is 0. The van der Waals surface area contributed by atoms with E-state index in [1.807, 2.05) is 0 Å². The smallest absolute Gasteiger partial charge is 0.387 e. The molecular weight excluding hydrogens is 450 g/mol. The fourth-order valence-electron chi connectivity index (χ4n) is 2.43. The van der Waals surface area contributed by atoms with Crippen molar-refractivity contribution in [2.45, 2.75) is 24.5 Å². The van der Waals surface area contributed by atoms with Crippen molar-refractivity contribution in [2.75, 3.05) is 39.6 Å². The van der Waals surface area contributed by atoms with Gasteiger partial charge in [-0.1, -0.05) is 0 Å². The third-order valence-electron chi connectivity index (χ3n) is 3.85. The van der Waals surface area contributed by atoms with E-state index in [0.29, 0.717) is 0 Å². The molecule has 0 aliphatic carbocycles. The van der Waals surface area contributed by atoms with Crippen molar-refractivity contribution in [3.05, 3.63) is 22.7 Å². The summed E-state index contributed by atoms with van der Waals surface area (Å²) in [6.07, 6.45) is -4.73. The lowest BCUT2D eigenvalue weighted by atomic mass is 10.1. The fourth-order valence-corrected chi connectivity index (χ4v) is 4.56. The van der Waals surface area contributed by atoms with Crippen molar-refractivity contribution >= 4 is 21.5 Å². The molecule has 30 heavy (non-hydrogen) atoms. The number of nitrogens with zero attached hydrogens (tertiary/aromatic N) is 3. The standard InChI is InChI=1S/C13H24N4O11P2/c1-16(2)5-6-25-30(24,28-29(21,22)23)26-7-8-10(18)11(19)12(27-8)17-4-3-9(14)15-13(17)20/h3-4,8,10-12,18-19H,5-7H2,1-2H3,(H2,14,15,20)(H2,21,22,23)/t8-,10-,11-,12-,30?/m1/s1. The number of aromatic nitrogens is 2. The van der Waals surface area contributed by atoms with Crippen molar-refractivity contribution in [1.29, 1.82) is 0 Å². The Kier molecular flexibility index (Phi) is 8.29. The summed E-state index contributed by atoms with van der Waals surface area (Å²) in [5.41, 5.74) is 4.55. The highest BCUT2D eigenvalue weighted by Crippen LogP contribution is 2.61. The zero-order chi connectivity index (χ0) is 22.7. The Hall–Kier alpha value is -1.22. The Morgan fingerprint density at radius 3 is 2.50 bits per heavy atom. The number of nitrogen functional groups attached to an aromatic ring is 1. The van der Waals surface area contributed by atoms with Crippen molar-refractivity contribution in [1.82, 2.24) is 14.5 Å². The third-order valence-corrected chi connectivity index (χ3v) is 6.47.